The van der Waals surface area contributed by atoms with Crippen LogP contribution in [-0.4, -0.2) is 81.0 Å². The van der Waals surface area contributed by atoms with Crippen LogP contribution in [0.5, 0.6) is 5.88 Å². The van der Waals surface area contributed by atoms with Crippen LogP contribution in [-0.2, 0) is 0 Å². The maximum atomic E-state index is 13.0. The number of amides is 1. The van der Waals surface area contributed by atoms with E-state index < -0.39 is 0 Å². The quantitative estimate of drug-likeness (QED) is 0.271. The Balaban J connectivity index is 1.09. The lowest BCUT2D eigenvalue weighted by Gasteiger charge is -2.34. The number of nitrogens with one attached hydrogen (secondary N) is 3. The monoisotopic (exact) mass is 559 g/mol. The van der Waals surface area contributed by atoms with E-state index >= 15 is 0 Å². The van der Waals surface area contributed by atoms with Crippen molar-refractivity contribution in [3.05, 3.63) is 78.6 Å². The molecule has 0 unspecified atom stereocenters. The lowest BCUT2D eigenvalue weighted by molar-refractivity contribution is 0.102. The van der Waals surface area contributed by atoms with Gasteiger partial charge in [0.05, 0.1) is 29.2 Å². The average molecular weight is 560 g/mol. The zero-order chi connectivity index (χ0) is 28.6. The van der Waals surface area contributed by atoms with E-state index in [4.69, 9.17) is 9.72 Å². The molecule has 1 fully saturated rings. The number of nitrogens with zero attached hydrogens (tertiary/aromatic N) is 6. The molecule has 0 atom stereocenters. The second kappa shape index (κ2) is 10.6. The van der Waals surface area contributed by atoms with Crippen LogP contribution >= 0.6 is 0 Å². The molecule has 5 heterocycles. The summed E-state index contributed by atoms with van der Waals surface area (Å²) in [5, 5.41) is 2.97. The molecular weight excluding hydrogens is 530 g/mol. The van der Waals surface area contributed by atoms with Gasteiger partial charge in [0.25, 0.3) is 5.91 Å². The number of benzene rings is 2. The van der Waals surface area contributed by atoms with Gasteiger partial charge in [-0.05, 0) is 67.2 Å². The van der Waals surface area contributed by atoms with Gasteiger partial charge in [-0.1, -0.05) is 6.07 Å². The van der Waals surface area contributed by atoms with E-state index in [2.05, 4.69) is 47.1 Å². The molecule has 0 bridgehead atoms. The molecular formula is C31H29N9O2. The van der Waals surface area contributed by atoms with E-state index in [9.17, 15) is 4.79 Å². The number of H-pyrrole nitrogens is 2. The van der Waals surface area contributed by atoms with Crippen LogP contribution < -0.4 is 15.0 Å². The van der Waals surface area contributed by atoms with Gasteiger partial charge in [-0.2, -0.15) is 0 Å². The molecule has 1 amide bonds. The first-order chi connectivity index (χ1) is 20.5. The van der Waals surface area contributed by atoms with E-state index in [1.807, 2.05) is 54.6 Å². The van der Waals surface area contributed by atoms with E-state index in [1.165, 1.54) is 6.20 Å². The molecule has 0 aliphatic carbocycles. The molecule has 1 aliphatic heterocycles. The third-order valence-corrected chi connectivity index (χ3v) is 7.57. The topological polar surface area (TPSA) is 128 Å². The van der Waals surface area contributed by atoms with Gasteiger partial charge in [0.2, 0.25) is 5.88 Å². The van der Waals surface area contributed by atoms with Gasteiger partial charge in [0.1, 0.15) is 0 Å². The minimum absolute atomic E-state index is 0.241. The third-order valence-electron chi connectivity index (χ3n) is 7.57. The van der Waals surface area contributed by atoms with Crippen LogP contribution in [0.1, 0.15) is 10.4 Å². The standard InChI is InChI=1S/C31H29N9O2/c1-39-12-14-40(15-13-39)22-8-6-21(7-9-22)34-30(41)20-17-26-27(33-18-20)38-29(37-26)28-35-24-10-5-19(16-25(24)36-28)23-4-3-11-32-31(23)42-2/h3-11,16-18H,12-15H2,1-2H3,(H,34,41)(H,35,36)(H,33,37,38). The molecule has 1 aliphatic rings. The summed E-state index contributed by atoms with van der Waals surface area (Å²) in [6, 6.07) is 19.5. The molecule has 210 valence electrons. The van der Waals surface area contributed by atoms with Gasteiger partial charge < -0.3 is 29.8 Å². The molecule has 1 saturated heterocycles. The SMILES string of the molecule is COc1ncccc1-c1ccc2nc(-c3nc4ncc(C(=O)Nc5ccc(N6CCN(C)CC6)cc5)cc4[nH]3)[nH]c2c1. The summed E-state index contributed by atoms with van der Waals surface area (Å²) in [4.78, 5) is 42.3. The highest BCUT2D eigenvalue weighted by atomic mass is 16.5. The Hall–Kier alpha value is -5.29. The van der Waals surface area contributed by atoms with Crippen LogP contribution in [0.2, 0.25) is 0 Å². The van der Waals surface area contributed by atoms with Gasteiger partial charge >= 0.3 is 0 Å². The van der Waals surface area contributed by atoms with E-state index in [-0.39, 0.29) is 5.91 Å². The molecule has 42 heavy (non-hydrogen) atoms. The number of hydrogen-bond donors (Lipinski definition) is 3. The summed E-state index contributed by atoms with van der Waals surface area (Å²) in [5.41, 5.74) is 6.95. The molecule has 6 aromatic rings. The number of aromatic nitrogens is 6. The molecule has 0 radical (unpaired) electrons. The minimum atomic E-state index is -0.241. The first-order valence-electron chi connectivity index (χ1n) is 13.7. The number of ether oxygens (including phenoxy) is 1. The summed E-state index contributed by atoms with van der Waals surface area (Å²) in [5.74, 6) is 1.42. The highest BCUT2D eigenvalue weighted by Crippen LogP contribution is 2.30. The number of aromatic amines is 2. The van der Waals surface area contributed by atoms with Crippen molar-refractivity contribution in [3.8, 4) is 28.7 Å². The number of pyridine rings is 2. The highest BCUT2D eigenvalue weighted by molar-refractivity contribution is 6.05. The Morgan fingerprint density at radius 2 is 1.69 bits per heavy atom. The number of imidazole rings is 2. The first-order valence-corrected chi connectivity index (χ1v) is 13.7. The van der Waals surface area contributed by atoms with Crippen LogP contribution in [0.4, 0.5) is 11.4 Å². The number of likely N-dealkylation sites (N-methyl/N-ethyl adjacent to an activating group) is 1. The number of rotatable bonds is 6. The Bertz CT molecular complexity index is 1900. The van der Waals surface area contributed by atoms with Gasteiger partial charge in [-0.25, -0.2) is 19.9 Å². The van der Waals surface area contributed by atoms with Crippen LogP contribution in [0.3, 0.4) is 0 Å². The molecule has 3 N–H and O–H groups in total. The number of carbonyl (C=O) groups is 1. The van der Waals surface area contributed by atoms with E-state index in [0.29, 0.717) is 34.3 Å². The fourth-order valence-electron chi connectivity index (χ4n) is 5.22. The Morgan fingerprint density at radius 3 is 2.50 bits per heavy atom. The number of carbonyl (C=O) groups excluding carboxylic acids is 1. The number of methoxy groups -OCH3 is 1. The molecule has 0 spiro atoms. The zero-order valence-corrected chi connectivity index (χ0v) is 23.3. The fourth-order valence-corrected chi connectivity index (χ4v) is 5.22. The normalized spacial score (nSPS) is 14.0. The Morgan fingerprint density at radius 1 is 0.905 bits per heavy atom. The van der Waals surface area contributed by atoms with E-state index in [1.54, 1.807) is 19.4 Å². The van der Waals surface area contributed by atoms with Crippen LogP contribution in [0.25, 0.3) is 45.0 Å². The summed E-state index contributed by atoms with van der Waals surface area (Å²) < 4.78 is 5.42. The molecule has 2 aromatic carbocycles. The van der Waals surface area contributed by atoms with Crippen molar-refractivity contribution >= 4 is 39.5 Å². The van der Waals surface area contributed by atoms with Crippen molar-refractivity contribution in [2.75, 3.05) is 50.6 Å². The Labute approximate surface area is 241 Å². The number of anilines is 2. The maximum absolute atomic E-state index is 13.0. The highest BCUT2D eigenvalue weighted by Gasteiger charge is 2.17. The predicted octanol–water partition coefficient (Wildman–Crippen LogP) is 4.58. The predicted molar refractivity (Wildman–Crippen MR) is 163 cm³/mol. The first kappa shape index (κ1) is 25.7. The lowest BCUT2D eigenvalue weighted by atomic mass is 10.1. The van der Waals surface area contributed by atoms with Gasteiger partial charge in [-0.15, -0.1) is 0 Å². The molecule has 7 rings (SSSR count). The smallest absolute Gasteiger partial charge is 0.257 e. The molecule has 11 nitrogen and oxygen atoms in total. The minimum Gasteiger partial charge on any atom is -0.481 e. The fraction of sp³-hybridized carbons (Fsp3) is 0.194. The number of fused-ring (bicyclic) bond motifs is 2. The van der Waals surface area contributed by atoms with Gasteiger partial charge in [0, 0.05) is 55.5 Å². The largest absolute Gasteiger partial charge is 0.481 e. The van der Waals surface area contributed by atoms with Crippen molar-refractivity contribution in [1.29, 1.82) is 0 Å². The van der Waals surface area contributed by atoms with Crippen molar-refractivity contribution in [2.24, 2.45) is 0 Å². The summed E-state index contributed by atoms with van der Waals surface area (Å²) in [6.45, 7) is 4.08. The van der Waals surface area contributed by atoms with Crippen molar-refractivity contribution < 1.29 is 9.53 Å². The zero-order valence-electron chi connectivity index (χ0n) is 23.3. The van der Waals surface area contributed by atoms with Crippen LogP contribution in [0.15, 0.2) is 73.1 Å². The molecule has 11 heteroatoms. The van der Waals surface area contributed by atoms with Gasteiger partial charge in [0.15, 0.2) is 17.3 Å². The third kappa shape index (κ3) is 4.90. The maximum Gasteiger partial charge on any atom is 0.257 e. The second-order valence-corrected chi connectivity index (χ2v) is 10.3. The van der Waals surface area contributed by atoms with Crippen molar-refractivity contribution in [3.63, 3.8) is 0 Å². The average Bonchev–Trinajstić information content (AvgIpc) is 3.65. The summed E-state index contributed by atoms with van der Waals surface area (Å²) >= 11 is 0. The summed E-state index contributed by atoms with van der Waals surface area (Å²) in [6.07, 6.45) is 3.24. The van der Waals surface area contributed by atoms with Crippen molar-refractivity contribution in [1.82, 2.24) is 34.8 Å². The summed E-state index contributed by atoms with van der Waals surface area (Å²) in [7, 11) is 3.75. The molecule has 4 aromatic heterocycles. The second-order valence-electron chi connectivity index (χ2n) is 10.3. The lowest BCUT2D eigenvalue weighted by Crippen LogP contribution is -2.44. The Kier molecular flexibility index (Phi) is 6.48. The van der Waals surface area contributed by atoms with Crippen molar-refractivity contribution in [2.45, 2.75) is 0 Å². The number of hydrogen-bond acceptors (Lipinski definition) is 8. The van der Waals surface area contributed by atoms with E-state index in [0.717, 1.165) is 59.7 Å². The van der Waals surface area contributed by atoms with Crippen LogP contribution in [0, 0.1) is 0 Å². The molecule has 0 saturated carbocycles. The van der Waals surface area contributed by atoms with Gasteiger partial charge in [-0.3, -0.25) is 4.79 Å². The number of piperazine rings is 1.